The molecule has 0 radical (unpaired) electrons. The highest BCUT2D eigenvalue weighted by Crippen LogP contribution is 2.32. The van der Waals surface area contributed by atoms with Gasteiger partial charge in [-0.05, 0) is 37.1 Å². The number of rotatable bonds is 4. The predicted molar refractivity (Wildman–Crippen MR) is 107 cm³/mol. The van der Waals surface area contributed by atoms with Gasteiger partial charge in [0.25, 0.3) is 0 Å². The number of ether oxygens (including phenoxy) is 1. The minimum absolute atomic E-state index is 0.590. The maximum Gasteiger partial charge on any atom is 0.235 e. The number of benzene rings is 1. The van der Waals surface area contributed by atoms with Crippen LogP contribution < -0.4 is 4.74 Å². The summed E-state index contributed by atoms with van der Waals surface area (Å²) in [5, 5.41) is 0. The third kappa shape index (κ3) is 2.72. The van der Waals surface area contributed by atoms with Crippen molar-refractivity contribution >= 4 is 11.0 Å². The largest absolute Gasteiger partial charge is 0.480 e. The van der Waals surface area contributed by atoms with Gasteiger partial charge in [-0.15, -0.1) is 0 Å². The minimum Gasteiger partial charge on any atom is -0.480 e. The number of nitrogens with zero attached hydrogens (tertiary/aromatic N) is 5. The molecular weight excluding hydrogens is 350 g/mol. The number of aryl methyl sites for hydroxylation is 3. The molecule has 140 valence electrons. The van der Waals surface area contributed by atoms with E-state index in [0.29, 0.717) is 5.88 Å². The molecule has 1 aliphatic carbocycles. The van der Waals surface area contributed by atoms with Gasteiger partial charge in [0, 0.05) is 37.3 Å². The molecule has 3 heterocycles. The van der Waals surface area contributed by atoms with E-state index in [0.717, 1.165) is 65.2 Å². The fourth-order valence-corrected chi connectivity index (χ4v) is 3.98. The molecule has 0 spiro atoms. The van der Waals surface area contributed by atoms with E-state index in [1.807, 2.05) is 36.5 Å². The summed E-state index contributed by atoms with van der Waals surface area (Å²) < 4.78 is 7.72. The second-order valence-electron chi connectivity index (χ2n) is 7.05. The van der Waals surface area contributed by atoms with Crippen LogP contribution in [0.1, 0.15) is 22.9 Å². The van der Waals surface area contributed by atoms with Crippen LogP contribution in [0.2, 0.25) is 0 Å². The van der Waals surface area contributed by atoms with Crippen LogP contribution in [0.15, 0.2) is 42.6 Å². The van der Waals surface area contributed by atoms with E-state index in [1.165, 1.54) is 5.69 Å². The lowest BCUT2D eigenvalue weighted by Gasteiger charge is -2.15. The van der Waals surface area contributed by atoms with E-state index in [9.17, 15) is 0 Å². The van der Waals surface area contributed by atoms with Crippen molar-refractivity contribution in [1.29, 1.82) is 0 Å². The van der Waals surface area contributed by atoms with Crippen LogP contribution in [0, 0.1) is 0 Å². The molecule has 3 aromatic heterocycles. The highest BCUT2D eigenvalue weighted by molar-refractivity contribution is 5.74. The maximum absolute atomic E-state index is 5.49. The Morgan fingerprint density at radius 3 is 2.61 bits per heavy atom. The van der Waals surface area contributed by atoms with Crippen molar-refractivity contribution in [3.63, 3.8) is 0 Å². The molecule has 28 heavy (non-hydrogen) atoms. The topological polar surface area (TPSA) is 65.7 Å². The van der Waals surface area contributed by atoms with E-state index in [1.54, 1.807) is 7.11 Å². The van der Waals surface area contributed by atoms with E-state index >= 15 is 0 Å². The molecular formula is C22H21N5O. The van der Waals surface area contributed by atoms with Crippen molar-refractivity contribution in [2.75, 3.05) is 7.11 Å². The highest BCUT2D eigenvalue weighted by atomic mass is 16.5. The molecule has 6 nitrogen and oxygen atoms in total. The zero-order valence-electron chi connectivity index (χ0n) is 16.0. The first kappa shape index (κ1) is 16.9. The molecule has 0 saturated carbocycles. The lowest BCUT2D eigenvalue weighted by Crippen LogP contribution is -2.09. The first-order chi connectivity index (χ1) is 13.7. The van der Waals surface area contributed by atoms with Gasteiger partial charge in [0.2, 0.25) is 5.88 Å². The Morgan fingerprint density at radius 1 is 0.964 bits per heavy atom. The Kier molecular flexibility index (Phi) is 4.04. The normalized spacial score (nSPS) is 12.6. The number of aromatic nitrogens is 5. The smallest absolute Gasteiger partial charge is 0.235 e. The van der Waals surface area contributed by atoms with Crippen LogP contribution in [0.3, 0.4) is 0 Å². The van der Waals surface area contributed by atoms with Gasteiger partial charge >= 0.3 is 0 Å². The number of para-hydroxylation sites is 2. The zero-order chi connectivity index (χ0) is 19.1. The van der Waals surface area contributed by atoms with Crippen molar-refractivity contribution in [3.05, 3.63) is 65.5 Å². The monoisotopic (exact) mass is 371 g/mol. The summed E-state index contributed by atoms with van der Waals surface area (Å²) in [6.07, 6.45) is 5.31. The molecule has 0 N–H and O–H groups in total. The number of hydrogen-bond acceptors (Lipinski definition) is 5. The Morgan fingerprint density at radius 2 is 1.79 bits per heavy atom. The van der Waals surface area contributed by atoms with Gasteiger partial charge in [-0.1, -0.05) is 12.1 Å². The summed E-state index contributed by atoms with van der Waals surface area (Å²) in [5.74, 6) is 1.64. The van der Waals surface area contributed by atoms with Crippen LogP contribution in [0.25, 0.3) is 22.3 Å². The maximum atomic E-state index is 5.49. The van der Waals surface area contributed by atoms with Crippen LogP contribution in [-0.4, -0.2) is 31.6 Å². The number of imidazole rings is 1. The number of fused-ring (bicyclic) bond motifs is 4. The van der Waals surface area contributed by atoms with E-state index in [4.69, 9.17) is 14.7 Å². The van der Waals surface area contributed by atoms with Crippen molar-refractivity contribution in [2.24, 2.45) is 7.05 Å². The van der Waals surface area contributed by atoms with Crippen molar-refractivity contribution in [3.8, 4) is 17.1 Å². The molecule has 4 aromatic rings. The lowest BCUT2D eigenvalue weighted by molar-refractivity contribution is 0.391. The Balaban J connectivity index is 1.47. The predicted octanol–water partition coefficient (Wildman–Crippen LogP) is 3.32. The molecule has 5 rings (SSSR count). The van der Waals surface area contributed by atoms with Gasteiger partial charge in [0.1, 0.15) is 11.5 Å². The van der Waals surface area contributed by atoms with Crippen LogP contribution >= 0.6 is 0 Å². The fraction of sp³-hybridized carbons (Fsp3) is 0.273. The molecule has 1 aromatic carbocycles. The van der Waals surface area contributed by atoms with Crippen molar-refractivity contribution in [2.45, 2.75) is 25.7 Å². The quantitative estimate of drug-likeness (QED) is 0.551. The average molecular weight is 371 g/mol. The Hall–Kier alpha value is -3.28. The van der Waals surface area contributed by atoms with Crippen LogP contribution in [0.5, 0.6) is 5.88 Å². The summed E-state index contributed by atoms with van der Waals surface area (Å²) >= 11 is 0. The van der Waals surface area contributed by atoms with E-state index < -0.39 is 0 Å². The molecule has 0 saturated heterocycles. The first-order valence-electron chi connectivity index (χ1n) is 9.53. The van der Waals surface area contributed by atoms with Gasteiger partial charge in [0.05, 0.1) is 29.5 Å². The molecule has 0 unspecified atom stereocenters. The van der Waals surface area contributed by atoms with Gasteiger partial charge in [-0.25, -0.2) is 15.0 Å². The molecule has 0 bridgehead atoms. The van der Waals surface area contributed by atoms with E-state index in [2.05, 4.69) is 27.6 Å². The van der Waals surface area contributed by atoms with Crippen molar-refractivity contribution < 1.29 is 4.74 Å². The fourth-order valence-electron chi connectivity index (χ4n) is 3.98. The molecule has 0 atom stereocenters. The molecule has 0 amide bonds. The second-order valence-corrected chi connectivity index (χ2v) is 7.05. The highest BCUT2D eigenvalue weighted by Gasteiger charge is 2.23. The van der Waals surface area contributed by atoms with Gasteiger partial charge < -0.3 is 9.30 Å². The molecule has 0 fully saturated rings. The Labute approximate surface area is 163 Å². The SMILES string of the molecule is COc1nc2ccccc2nc1CCc1nc2c(n1C)CCc1ncccc1-2. The third-order valence-electron chi connectivity index (χ3n) is 5.43. The number of hydrogen-bond donors (Lipinski definition) is 0. The van der Waals surface area contributed by atoms with Gasteiger partial charge in [-0.2, -0.15) is 0 Å². The van der Waals surface area contributed by atoms with Crippen molar-refractivity contribution in [1.82, 2.24) is 24.5 Å². The second kappa shape index (κ2) is 6.71. The summed E-state index contributed by atoms with van der Waals surface area (Å²) in [6, 6.07) is 12.0. The minimum atomic E-state index is 0.590. The first-order valence-corrected chi connectivity index (χ1v) is 9.53. The summed E-state index contributed by atoms with van der Waals surface area (Å²) in [5.41, 5.74) is 7.26. The van der Waals surface area contributed by atoms with Gasteiger partial charge in [-0.3, -0.25) is 4.98 Å². The number of methoxy groups -OCH3 is 1. The van der Waals surface area contributed by atoms with Crippen LogP contribution in [0.4, 0.5) is 0 Å². The Bertz CT molecular complexity index is 1180. The molecule has 1 aliphatic rings. The number of pyridine rings is 1. The van der Waals surface area contributed by atoms with E-state index in [-0.39, 0.29) is 0 Å². The summed E-state index contributed by atoms with van der Waals surface area (Å²) in [4.78, 5) is 18.9. The zero-order valence-corrected chi connectivity index (χ0v) is 16.0. The lowest BCUT2D eigenvalue weighted by atomic mass is 9.97. The summed E-state index contributed by atoms with van der Waals surface area (Å²) in [7, 11) is 3.75. The molecule has 6 heteroatoms. The molecule has 0 aliphatic heterocycles. The summed E-state index contributed by atoms with van der Waals surface area (Å²) in [6.45, 7) is 0. The third-order valence-corrected chi connectivity index (χ3v) is 5.43. The van der Waals surface area contributed by atoms with Crippen LogP contribution in [-0.2, 0) is 32.7 Å². The van der Waals surface area contributed by atoms with Gasteiger partial charge in [0.15, 0.2) is 0 Å². The average Bonchev–Trinajstić information content (AvgIpc) is 3.07. The standard InChI is InChI=1S/C22H21N5O/c1-27-19-11-9-15-14(6-5-13-23-15)21(19)26-20(27)12-10-18-22(28-2)25-17-8-4-3-7-16(17)24-18/h3-8,13H,9-12H2,1-2H3.